The number of ether oxygens (including phenoxy) is 3. The zero-order chi connectivity index (χ0) is 19.4. The van der Waals surface area contributed by atoms with Crippen LogP contribution in [0.5, 0.6) is 11.5 Å². The van der Waals surface area contributed by atoms with Crippen molar-refractivity contribution in [2.75, 3.05) is 20.2 Å². The summed E-state index contributed by atoms with van der Waals surface area (Å²) in [5.41, 5.74) is 1.57. The Hall–Kier alpha value is -2.24. The van der Waals surface area contributed by atoms with Crippen molar-refractivity contribution in [1.29, 1.82) is 0 Å². The Morgan fingerprint density at radius 3 is 2.41 bits per heavy atom. The van der Waals surface area contributed by atoms with E-state index < -0.39 is 0 Å². The minimum atomic E-state index is -0.0282. The number of nitrogens with zero attached hydrogens (tertiary/aromatic N) is 1. The molecule has 1 heterocycles. The molecule has 144 valence electrons. The van der Waals surface area contributed by atoms with Gasteiger partial charge >= 0.3 is 0 Å². The van der Waals surface area contributed by atoms with E-state index in [0.29, 0.717) is 41.8 Å². The van der Waals surface area contributed by atoms with Crippen LogP contribution in [0.1, 0.15) is 29.8 Å². The number of morpholine rings is 1. The summed E-state index contributed by atoms with van der Waals surface area (Å²) in [6, 6.07) is 12.7. The molecule has 2 atom stereocenters. The van der Waals surface area contributed by atoms with Crippen molar-refractivity contribution in [3.8, 4) is 11.5 Å². The monoisotopic (exact) mass is 389 g/mol. The van der Waals surface area contributed by atoms with Gasteiger partial charge in [0.1, 0.15) is 6.61 Å². The molecule has 1 aliphatic heterocycles. The number of halogens is 1. The maximum atomic E-state index is 12.8. The first-order chi connectivity index (χ1) is 13.0. The number of benzene rings is 2. The smallest absolute Gasteiger partial charge is 0.254 e. The number of rotatable bonds is 5. The number of carbonyl (C=O) groups is 1. The van der Waals surface area contributed by atoms with Crippen molar-refractivity contribution >= 4 is 17.5 Å². The average Bonchev–Trinajstić information content (AvgIpc) is 2.66. The van der Waals surface area contributed by atoms with Crippen LogP contribution in [-0.4, -0.2) is 43.2 Å². The highest BCUT2D eigenvalue weighted by Crippen LogP contribution is 2.30. The first-order valence-corrected chi connectivity index (χ1v) is 9.34. The minimum Gasteiger partial charge on any atom is -0.493 e. The van der Waals surface area contributed by atoms with E-state index in [4.69, 9.17) is 25.8 Å². The van der Waals surface area contributed by atoms with Gasteiger partial charge in [-0.05, 0) is 49.7 Å². The maximum absolute atomic E-state index is 12.8. The van der Waals surface area contributed by atoms with Crippen LogP contribution >= 0.6 is 11.6 Å². The first kappa shape index (κ1) is 19.5. The van der Waals surface area contributed by atoms with Crippen molar-refractivity contribution < 1.29 is 19.0 Å². The maximum Gasteiger partial charge on any atom is 0.254 e. The summed E-state index contributed by atoms with van der Waals surface area (Å²) >= 11 is 5.90. The van der Waals surface area contributed by atoms with E-state index in [1.54, 1.807) is 25.3 Å². The largest absolute Gasteiger partial charge is 0.493 e. The lowest BCUT2D eigenvalue weighted by molar-refractivity contribution is -0.0586. The second kappa shape index (κ2) is 8.63. The van der Waals surface area contributed by atoms with E-state index in [0.717, 1.165) is 5.56 Å². The molecule has 3 rings (SSSR count). The first-order valence-electron chi connectivity index (χ1n) is 8.96. The lowest BCUT2D eigenvalue weighted by atomic mass is 10.1. The molecule has 0 aliphatic carbocycles. The zero-order valence-electron chi connectivity index (χ0n) is 15.8. The predicted octanol–water partition coefficient (Wildman–Crippen LogP) is 4.18. The number of methoxy groups -OCH3 is 1. The molecule has 1 fully saturated rings. The van der Waals surface area contributed by atoms with Crippen molar-refractivity contribution in [2.45, 2.75) is 32.7 Å². The Labute approximate surface area is 164 Å². The van der Waals surface area contributed by atoms with Gasteiger partial charge in [0, 0.05) is 23.7 Å². The predicted molar refractivity (Wildman–Crippen MR) is 105 cm³/mol. The molecule has 0 bridgehead atoms. The molecular weight excluding hydrogens is 366 g/mol. The zero-order valence-corrected chi connectivity index (χ0v) is 16.5. The van der Waals surface area contributed by atoms with Gasteiger partial charge in [0.25, 0.3) is 5.91 Å². The fourth-order valence-electron chi connectivity index (χ4n) is 3.19. The molecule has 6 heteroatoms. The van der Waals surface area contributed by atoms with Crippen molar-refractivity contribution in [1.82, 2.24) is 4.90 Å². The van der Waals surface area contributed by atoms with E-state index in [-0.39, 0.29) is 18.1 Å². The van der Waals surface area contributed by atoms with Crippen LogP contribution in [0.25, 0.3) is 0 Å². The molecule has 1 saturated heterocycles. The van der Waals surface area contributed by atoms with Gasteiger partial charge in [0.05, 0.1) is 19.3 Å². The molecule has 2 aromatic rings. The molecule has 1 amide bonds. The van der Waals surface area contributed by atoms with Gasteiger partial charge in [-0.15, -0.1) is 0 Å². The Kier molecular flexibility index (Phi) is 6.24. The summed E-state index contributed by atoms with van der Waals surface area (Å²) < 4.78 is 17.0. The highest BCUT2D eigenvalue weighted by Gasteiger charge is 2.27. The minimum absolute atomic E-state index is 0.0282. The molecule has 0 spiro atoms. The molecule has 2 unspecified atom stereocenters. The molecule has 0 radical (unpaired) electrons. The highest BCUT2D eigenvalue weighted by molar-refractivity contribution is 6.30. The molecule has 27 heavy (non-hydrogen) atoms. The SMILES string of the molecule is COc1cc(C(=O)N2CC(C)OC(C)C2)ccc1OCc1ccc(Cl)cc1. The molecule has 0 saturated carbocycles. The van der Waals surface area contributed by atoms with E-state index >= 15 is 0 Å². The fraction of sp³-hybridized carbons (Fsp3) is 0.381. The topological polar surface area (TPSA) is 48.0 Å². The van der Waals surface area contributed by atoms with Crippen LogP contribution in [0.2, 0.25) is 5.02 Å². The van der Waals surface area contributed by atoms with Gasteiger partial charge in [-0.25, -0.2) is 0 Å². The molecule has 2 aromatic carbocycles. The van der Waals surface area contributed by atoms with Gasteiger partial charge in [0.2, 0.25) is 0 Å². The van der Waals surface area contributed by atoms with E-state index in [1.807, 2.05) is 43.0 Å². The lowest BCUT2D eigenvalue weighted by Crippen LogP contribution is -2.48. The quantitative estimate of drug-likeness (QED) is 0.769. The normalized spacial score (nSPS) is 19.6. The van der Waals surface area contributed by atoms with Gasteiger partial charge < -0.3 is 19.1 Å². The summed E-state index contributed by atoms with van der Waals surface area (Å²) in [7, 11) is 1.57. The second-order valence-corrected chi connectivity index (χ2v) is 7.18. The molecule has 1 aliphatic rings. The molecule has 0 aromatic heterocycles. The molecule has 5 nitrogen and oxygen atoms in total. The highest BCUT2D eigenvalue weighted by atomic mass is 35.5. The van der Waals surface area contributed by atoms with Crippen LogP contribution in [0, 0.1) is 0 Å². The van der Waals surface area contributed by atoms with Crippen molar-refractivity contribution in [3.05, 3.63) is 58.6 Å². The number of carbonyl (C=O) groups excluding carboxylic acids is 1. The number of hydrogen-bond acceptors (Lipinski definition) is 4. The van der Waals surface area contributed by atoms with Crippen LogP contribution in [-0.2, 0) is 11.3 Å². The third-order valence-electron chi connectivity index (χ3n) is 4.42. The van der Waals surface area contributed by atoms with Gasteiger partial charge in [0.15, 0.2) is 11.5 Å². The van der Waals surface area contributed by atoms with E-state index in [2.05, 4.69) is 0 Å². The summed E-state index contributed by atoms with van der Waals surface area (Å²) in [5, 5.41) is 0.686. The summed E-state index contributed by atoms with van der Waals surface area (Å²) in [4.78, 5) is 14.7. The average molecular weight is 390 g/mol. The van der Waals surface area contributed by atoms with Crippen molar-refractivity contribution in [3.63, 3.8) is 0 Å². The summed E-state index contributed by atoms with van der Waals surface area (Å²) in [5.74, 6) is 1.09. The van der Waals surface area contributed by atoms with Crippen LogP contribution in [0.15, 0.2) is 42.5 Å². The third kappa shape index (κ3) is 4.93. The van der Waals surface area contributed by atoms with Crippen LogP contribution < -0.4 is 9.47 Å². The van der Waals surface area contributed by atoms with E-state index in [1.165, 1.54) is 0 Å². The molecule has 0 N–H and O–H groups in total. The third-order valence-corrected chi connectivity index (χ3v) is 4.68. The van der Waals surface area contributed by atoms with Gasteiger partial charge in [-0.1, -0.05) is 23.7 Å². The van der Waals surface area contributed by atoms with Crippen molar-refractivity contribution in [2.24, 2.45) is 0 Å². The second-order valence-electron chi connectivity index (χ2n) is 6.75. The Morgan fingerprint density at radius 2 is 1.78 bits per heavy atom. The standard InChI is InChI=1S/C21H24ClNO4/c1-14-11-23(12-15(2)27-14)21(24)17-6-9-19(20(10-17)25-3)26-13-16-4-7-18(22)8-5-16/h4-10,14-15H,11-13H2,1-3H3. The number of hydrogen-bond donors (Lipinski definition) is 0. The van der Waals surface area contributed by atoms with Gasteiger partial charge in [-0.2, -0.15) is 0 Å². The van der Waals surface area contributed by atoms with Crippen LogP contribution in [0.4, 0.5) is 0 Å². The summed E-state index contributed by atoms with van der Waals surface area (Å²) in [6.45, 7) is 5.51. The van der Waals surface area contributed by atoms with Crippen LogP contribution in [0.3, 0.4) is 0 Å². The van der Waals surface area contributed by atoms with E-state index in [9.17, 15) is 4.79 Å². The Balaban J connectivity index is 1.71. The lowest BCUT2D eigenvalue weighted by Gasteiger charge is -2.35. The Morgan fingerprint density at radius 1 is 1.11 bits per heavy atom. The number of amides is 1. The summed E-state index contributed by atoms with van der Waals surface area (Å²) in [6.07, 6.45) is 0.0585. The Bertz CT molecular complexity index is 783. The van der Waals surface area contributed by atoms with Gasteiger partial charge in [-0.3, -0.25) is 4.79 Å². The molecular formula is C21H24ClNO4. The fourth-order valence-corrected chi connectivity index (χ4v) is 3.31.